The molecule has 0 fully saturated rings. The maximum atomic E-state index is 5.90. The van der Waals surface area contributed by atoms with Crippen molar-refractivity contribution >= 4 is 23.1 Å². The van der Waals surface area contributed by atoms with E-state index in [-0.39, 0.29) is 0 Å². The highest BCUT2D eigenvalue weighted by atomic mass is 35.5. The van der Waals surface area contributed by atoms with Crippen LogP contribution in [0.3, 0.4) is 0 Å². The summed E-state index contributed by atoms with van der Waals surface area (Å²) in [5, 5.41) is 0.400. The molecule has 19 heavy (non-hydrogen) atoms. The summed E-state index contributed by atoms with van der Waals surface area (Å²) in [5.74, 6) is 1.59. The standard InChI is InChI=1S/C14H16ClN3O/c1-18(14-8-11(16)7-13(15)17-14)9-10-3-5-12(19-2)6-4-10/h3-8H,9H2,1-2H3,(H2,16,17). The molecule has 5 heteroatoms. The van der Waals surface area contributed by atoms with Gasteiger partial charge in [-0.15, -0.1) is 0 Å². The molecule has 0 aliphatic heterocycles. The monoisotopic (exact) mass is 277 g/mol. The maximum Gasteiger partial charge on any atom is 0.133 e. The predicted molar refractivity (Wildman–Crippen MR) is 78.8 cm³/mol. The van der Waals surface area contributed by atoms with Crippen molar-refractivity contribution < 1.29 is 4.74 Å². The number of pyridine rings is 1. The molecule has 1 aromatic heterocycles. The van der Waals surface area contributed by atoms with E-state index >= 15 is 0 Å². The summed E-state index contributed by atoms with van der Waals surface area (Å²) >= 11 is 5.90. The van der Waals surface area contributed by atoms with Gasteiger partial charge in [-0.2, -0.15) is 0 Å². The Morgan fingerprint density at radius 2 is 1.95 bits per heavy atom. The van der Waals surface area contributed by atoms with Gasteiger partial charge in [-0.1, -0.05) is 23.7 Å². The molecule has 0 aliphatic rings. The Balaban J connectivity index is 2.13. The molecule has 0 unspecified atom stereocenters. The number of anilines is 2. The number of nitrogens with zero attached hydrogens (tertiary/aromatic N) is 2. The SMILES string of the molecule is COc1ccc(CN(C)c2cc(N)cc(Cl)n2)cc1. The Labute approximate surface area is 117 Å². The van der Waals surface area contributed by atoms with Gasteiger partial charge < -0.3 is 15.4 Å². The second kappa shape index (κ2) is 5.80. The molecule has 2 aromatic rings. The van der Waals surface area contributed by atoms with Gasteiger partial charge in [-0.3, -0.25) is 0 Å². The third-order valence-corrected chi connectivity index (χ3v) is 2.97. The molecule has 2 rings (SSSR count). The summed E-state index contributed by atoms with van der Waals surface area (Å²) in [6.07, 6.45) is 0. The molecule has 1 aromatic carbocycles. The number of nitrogens with two attached hydrogens (primary N) is 1. The summed E-state index contributed by atoms with van der Waals surface area (Å²) in [6.45, 7) is 0.719. The lowest BCUT2D eigenvalue weighted by Crippen LogP contribution is -2.17. The highest BCUT2D eigenvalue weighted by Gasteiger charge is 2.06. The third-order valence-electron chi connectivity index (χ3n) is 2.77. The smallest absolute Gasteiger partial charge is 0.133 e. The van der Waals surface area contributed by atoms with E-state index in [1.165, 1.54) is 0 Å². The van der Waals surface area contributed by atoms with Crippen LogP contribution < -0.4 is 15.4 Å². The van der Waals surface area contributed by atoms with Gasteiger partial charge in [0.05, 0.1) is 7.11 Å². The fourth-order valence-corrected chi connectivity index (χ4v) is 2.00. The van der Waals surface area contributed by atoms with Crippen LogP contribution in [0.2, 0.25) is 5.15 Å². The molecule has 4 nitrogen and oxygen atoms in total. The predicted octanol–water partition coefficient (Wildman–Crippen LogP) is 2.96. The van der Waals surface area contributed by atoms with Gasteiger partial charge in [-0.05, 0) is 23.8 Å². The Kier molecular flexibility index (Phi) is 4.12. The topological polar surface area (TPSA) is 51.4 Å². The van der Waals surface area contributed by atoms with Gasteiger partial charge in [0.2, 0.25) is 0 Å². The second-order valence-corrected chi connectivity index (χ2v) is 4.67. The minimum atomic E-state index is 0.400. The van der Waals surface area contributed by atoms with E-state index in [0.717, 1.165) is 23.7 Å². The van der Waals surface area contributed by atoms with Crippen LogP contribution in [0.15, 0.2) is 36.4 Å². The van der Waals surface area contributed by atoms with Crippen LogP contribution in [0.1, 0.15) is 5.56 Å². The first-order chi connectivity index (χ1) is 9.08. The van der Waals surface area contributed by atoms with Crippen molar-refractivity contribution in [2.24, 2.45) is 0 Å². The minimum absolute atomic E-state index is 0.400. The summed E-state index contributed by atoms with van der Waals surface area (Å²) < 4.78 is 5.13. The van der Waals surface area contributed by atoms with E-state index in [9.17, 15) is 0 Å². The van der Waals surface area contributed by atoms with Gasteiger partial charge in [0.1, 0.15) is 16.7 Å². The minimum Gasteiger partial charge on any atom is -0.497 e. The summed E-state index contributed by atoms with van der Waals surface area (Å²) in [5.41, 5.74) is 7.52. The second-order valence-electron chi connectivity index (χ2n) is 4.29. The largest absolute Gasteiger partial charge is 0.497 e. The lowest BCUT2D eigenvalue weighted by atomic mass is 10.2. The summed E-state index contributed by atoms with van der Waals surface area (Å²) in [4.78, 5) is 6.24. The molecular formula is C14H16ClN3O. The lowest BCUT2D eigenvalue weighted by molar-refractivity contribution is 0.414. The normalized spacial score (nSPS) is 10.3. The number of aromatic nitrogens is 1. The fourth-order valence-electron chi connectivity index (χ4n) is 1.78. The summed E-state index contributed by atoms with van der Waals surface area (Å²) in [7, 11) is 3.60. The van der Waals surface area contributed by atoms with Crippen LogP contribution in [0.4, 0.5) is 11.5 Å². The zero-order chi connectivity index (χ0) is 13.8. The van der Waals surface area contributed by atoms with Crippen molar-refractivity contribution in [3.8, 4) is 5.75 Å². The molecule has 2 N–H and O–H groups in total. The Bertz CT molecular complexity index is 537. The van der Waals surface area contributed by atoms with Crippen LogP contribution in [0, 0.1) is 0 Å². The number of rotatable bonds is 4. The Morgan fingerprint density at radius 1 is 1.26 bits per heavy atom. The van der Waals surface area contributed by atoms with Crippen molar-refractivity contribution in [3.63, 3.8) is 0 Å². The zero-order valence-electron chi connectivity index (χ0n) is 10.9. The molecule has 100 valence electrons. The number of halogens is 1. The maximum absolute atomic E-state index is 5.90. The van der Waals surface area contributed by atoms with Crippen molar-refractivity contribution in [2.45, 2.75) is 6.54 Å². The van der Waals surface area contributed by atoms with Gasteiger partial charge in [0.25, 0.3) is 0 Å². The lowest BCUT2D eigenvalue weighted by Gasteiger charge is -2.19. The molecule has 0 spiro atoms. The van der Waals surface area contributed by atoms with Crippen LogP contribution in [-0.4, -0.2) is 19.1 Å². The zero-order valence-corrected chi connectivity index (χ0v) is 11.7. The van der Waals surface area contributed by atoms with Gasteiger partial charge >= 0.3 is 0 Å². The Morgan fingerprint density at radius 3 is 2.53 bits per heavy atom. The number of hydrogen-bond acceptors (Lipinski definition) is 4. The van der Waals surface area contributed by atoms with Crippen LogP contribution >= 0.6 is 11.6 Å². The highest BCUT2D eigenvalue weighted by molar-refractivity contribution is 6.29. The van der Waals surface area contributed by atoms with Crippen LogP contribution in [0.5, 0.6) is 5.75 Å². The first kappa shape index (κ1) is 13.5. The number of hydrogen-bond donors (Lipinski definition) is 1. The average Bonchev–Trinajstić information content (AvgIpc) is 2.38. The molecule has 0 saturated heterocycles. The Hall–Kier alpha value is -1.94. The van der Waals surface area contributed by atoms with Gasteiger partial charge in [0.15, 0.2) is 0 Å². The van der Waals surface area contributed by atoms with Crippen molar-refractivity contribution in [3.05, 3.63) is 47.1 Å². The van der Waals surface area contributed by atoms with Gasteiger partial charge in [-0.25, -0.2) is 4.98 Å². The van der Waals surface area contributed by atoms with E-state index in [1.54, 1.807) is 19.2 Å². The molecule has 0 radical (unpaired) electrons. The van der Waals surface area contributed by atoms with E-state index in [1.807, 2.05) is 36.2 Å². The molecule has 0 aliphatic carbocycles. The quantitative estimate of drug-likeness (QED) is 0.873. The fraction of sp³-hybridized carbons (Fsp3) is 0.214. The molecule has 1 heterocycles. The molecule has 0 saturated carbocycles. The number of methoxy groups -OCH3 is 1. The highest BCUT2D eigenvalue weighted by Crippen LogP contribution is 2.20. The van der Waals surface area contributed by atoms with Crippen LogP contribution in [-0.2, 0) is 6.54 Å². The number of benzene rings is 1. The van der Waals surface area contributed by atoms with Crippen LogP contribution in [0.25, 0.3) is 0 Å². The van der Waals surface area contributed by atoms with E-state index < -0.39 is 0 Å². The molecule has 0 bridgehead atoms. The van der Waals surface area contributed by atoms with E-state index in [0.29, 0.717) is 10.8 Å². The van der Waals surface area contributed by atoms with Crippen molar-refractivity contribution in [2.75, 3.05) is 24.8 Å². The first-order valence-corrected chi connectivity index (χ1v) is 6.23. The van der Waals surface area contributed by atoms with Crippen molar-refractivity contribution in [1.29, 1.82) is 0 Å². The van der Waals surface area contributed by atoms with E-state index in [2.05, 4.69) is 4.98 Å². The van der Waals surface area contributed by atoms with Gasteiger partial charge in [0, 0.05) is 25.3 Å². The van der Waals surface area contributed by atoms with Crippen molar-refractivity contribution in [1.82, 2.24) is 4.98 Å². The summed E-state index contributed by atoms with van der Waals surface area (Å²) in [6, 6.07) is 11.3. The molecule has 0 amide bonds. The third kappa shape index (κ3) is 3.51. The molecular weight excluding hydrogens is 262 g/mol. The number of nitrogen functional groups attached to an aromatic ring is 1. The number of ether oxygens (including phenoxy) is 1. The first-order valence-electron chi connectivity index (χ1n) is 5.85. The molecule has 0 atom stereocenters. The average molecular weight is 278 g/mol. The van der Waals surface area contributed by atoms with E-state index in [4.69, 9.17) is 22.1 Å².